The van der Waals surface area contributed by atoms with Crippen molar-refractivity contribution in [3.8, 4) is 0 Å². The number of aromatic nitrogens is 2. The van der Waals surface area contributed by atoms with Crippen LogP contribution in [0.1, 0.15) is 51.0 Å². The number of piperidine rings is 1. The maximum absolute atomic E-state index is 5.60. The van der Waals surface area contributed by atoms with Crippen LogP contribution in [0.3, 0.4) is 0 Å². The predicted octanol–water partition coefficient (Wildman–Crippen LogP) is 4.40. The Morgan fingerprint density at radius 3 is 2.03 bits per heavy atom. The van der Waals surface area contributed by atoms with Crippen LogP contribution in [0.5, 0.6) is 0 Å². The molecule has 3 fully saturated rings. The van der Waals surface area contributed by atoms with E-state index in [2.05, 4.69) is 62.6 Å². The maximum Gasteiger partial charge on any atom is 0.232 e. The largest absolute Gasteiger partial charge is 0.372 e. The Balaban J connectivity index is 1.22. The first-order valence-electron chi connectivity index (χ1n) is 12.9. The molecular formula is C26H37N7S. The third-order valence-electron chi connectivity index (χ3n) is 7.32. The second-order valence-corrected chi connectivity index (χ2v) is 10.3. The molecule has 3 aliphatic rings. The van der Waals surface area contributed by atoms with E-state index in [-0.39, 0.29) is 0 Å². The van der Waals surface area contributed by atoms with Gasteiger partial charge in [-0.05, 0) is 74.4 Å². The number of thiocarbonyl (C=S) groups is 1. The van der Waals surface area contributed by atoms with E-state index in [0.717, 1.165) is 43.7 Å². The zero-order valence-electron chi connectivity index (χ0n) is 20.3. The van der Waals surface area contributed by atoms with Gasteiger partial charge < -0.3 is 25.3 Å². The molecule has 4 heterocycles. The van der Waals surface area contributed by atoms with Crippen molar-refractivity contribution in [2.75, 3.05) is 59.3 Å². The van der Waals surface area contributed by atoms with Gasteiger partial charge in [0, 0.05) is 57.6 Å². The van der Waals surface area contributed by atoms with E-state index in [1.807, 2.05) is 0 Å². The second kappa shape index (κ2) is 10.8. The average molecular weight is 480 g/mol. The zero-order valence-corrected chi connectivity index (χ0v) is 21.1. The highest BCUT2D eigenvalue weighted by Gasteiger charge is 2.21. The van der Waals surface area contributed by atoms with Crippen LogP contribution in [0.25, 0.3) is 0 Å². The Morgan fingerprint density at radius 1 is 0.853 bits per heavy atom. The SMILES string of the molecule is CC1CCN(c2cc(N3CCCC3)nc(NC(=S)NCc3ccc(N4CCCC4)cc3)n2)CC1. The molecule has 182 valence electrons. The van der Waals surface area contributed by atoms with E-state index >= 15 is 0 Å². The molecule has 0 amide bonds. The summed E-state index contributed by atoms with van der Waals surface area (Å²) in [5.41, 5.74) is 2.52. The third kappa shape index (κ3) is 5.71. The lowest BCUT2D eigenvalue weighted by Crippen LogP contribution is -2.34. The topological polar surface area (TPSA) is 59.6 Å². The van der Waals surface area contributed by atoms with Gasteiger partial charge in [-0.25, -0.2) is 0 Å². The van der Waals surface area contributed by atoms with Gasteiger partial charge in [-0.2, -0.15) is 9.97 Å². The summed E-state index contributed by atoms with van der Waals surface area (Å²) in [5, 5.41) is 7.14. The summed E-state index contributed by atoms with van der Waals surface area (Å²) in [6.07, 6.45) is 7.45. The first-order valence-corrected chi connectivity index (χ1v) is 13.3. The summed E-state index contributed by atoms with van der Waals surface area (Å²) in [7, 11) is 0. The third-order valence-corrected chi connectivity index (χ3v) is 7.57. The molecule has 3 aliphatic heterocycles. The van der Waals surface area contributed by atoms with Crippen LogP contribution in [0, 0.1) is 5.92 Å². The van der Waals surface area contributed by atoms with Gasteiger partial charge in [-0.15, -0.1) is 0 Å². The summed E-state index contributed by atoms with van der Waals surface area (Å²) >= 11 is 5.60. The molecule has 7 nitrogen and oxygen atoms in total. The van der Waals surface area contributed by atoms with Gasteiger partial charge in [0.1, 0.15) is 11.6 Å². The van der Waals surface area contributed by atoms with E-state index in [1.165, 1.54) is 62.9 Å². The lowest BCUT2D eigenvalue weighted by Gasteiger charge is -2.32. The number of rotatable bonds is 6. The van der Waals surface area contributed by atoms with Crippen molar-refractivity contribution < 1.29 is 0 Å². The number of nitrogens with one attached hydrogen (secondary N) is 2. The van der Waals surface area contributed by atoms with Gasteiger partial charge in [0.2, 0.25) is 5.95 Å². The highest BCUT2D eigenvalue weighted by Crippen LogP contribution is 2.27. The standard InChI is InChI=1S/C26H37N7S/c1-20-10-16-33(17-11-20)24-18-23(32-14-4-5-15-32)28-25(29-24)30-26(34)27-19-21-6-8-22(9-7-21)31-12-2-3-13-31/h6-9,18,20H,2-5,10-17,19H2,1H3,(H2,27,28,29,30,34). The zero-order chi connectivity index (χ0) is 23.3. The van der Waals surface area contributed by atoms with Crippen molar-refractivity contribution in [2.45, 2.75) is 52.0 Å². The number of benzene rings is 1. The Kier molecular flexibility index (Phi) is 7.33. The fourth-order valence-corrected chi connectivity index (χ4v) is 5.28. The summed E-state index contributed by atoms with van der Waals surface area (Å²) in [5.74, 6) is 3.38. The Labute approximate surface area is 208 Å². The molecule has 5 rings (SSSR count). The van der Waals surface area contributed by atoms with Crippen LogP contribution in [-0.4, -0.2) is 54.3 Å². The minimum atomic E-state index is 0.556. The van der Waals surface area contributed by atoms with Gasteiger partial charge in [0.25, 0.3) is 0 Å². The van der Waals surface area contributed by atoms with Crippen molar-refractivity contribution >= 4 is 40.6 Å². The average Bonchev–Trinajstić information content (AvgIpc) is 3.58. The number of hydrogen-bond donors (Lipinski definition) is 2. The molecule has 2 N–H and O–H groups in total. The lowest BCUT2D eigenvalue weighted by atomic mass is 9.99. The highest BCUT2D eigenvalue weighted by atomic mass is 32.1. The number of hydrogen-bond acceptors (Lipinski definition) is 6. The lowest BCUT2D eigenvalue weighted by molar-refractivity contribution is 0.436. The van der Waals surface area contributed by atoms with Gasteiger partial charge in [-0.1, -0.05) is 19.1 Å². The first-order chi connectivity index (χ1) is 16.6. The molecule has 0 aliphatic carbocycles. The van der Waals surface area contributed by atoms with E-state index < -0.39 is 0 Å². The molecule has 0 saturated carbocycles. The van der Waals surface area contributed by atoms with E-state index in [1.54, 1.807) is 0 Å². The van der Waals surface area contributed by atoms with Crippen LogP contribution in [0.2, 0.25) is 0 Å². The van der Waals surface area contributed by atoms with Gasteiger partial charge in [0.15, 0.2) is 5.11 Å². The molecule has 2 aromatic rings. The quantitative estimate of drug-likeness (QED) is 0.592. The molecule has 0 unspecified atom stereocenters. The van der Waals surface area contributed by atoms with E-state index in [9.17, 15) is 0 Å². The molecule has 0 atom stereocenters. The molecule has 0 radical (unpaired) electrons. The van der Waals surface area contributed by atoms with Gasteiger partial charge >= 0.3 is 0 Å². The Bertz CT molecular complexity index is 960. The van der Waals surface area contributed by atoms with Crippen LogP contribution in [0.4, 0.5) is 23.3 Å². The highest BCUT2D eigenvalue weighted by molar-refractivity contribution is 7.80. The van der Waals surface area contributed by atoms with Crippen molar-refractivity contribution in [1.82, 2.24) is 15.3 Å². The molecule has 3 saturated heterocycles. The van der Waals surface area contributed by atoms with E-state index in [4.69, 9.17) is 22.2 Å². The van der Waals surface area contributed by atoms with Crippen molar-refractivity contribution in [1.29, 1.82) is 0 Å². The molecule has 1 aromatic carbocycles. The van der Waals surface area contributed by atoms with Crippen molar-refractivity contribution in [3.63, 3.8) is 0 Å². The van der Waals surface area contributed by atoms with Gasteiger partial charge in [-0.3, -0.25) is 0 Å². The van der Waals surface area contributed by atoms with Crippen LogP contribution < -0.4 is 25.3 Å². The number of nitrogens with zero attached hydrogens (tertiary/aromatic N) is 5. The summed E-state index contributed by atoms with van der Waals surface area (Å²) in [6, 6.07) is 11.0. The molecule has 8 heteroatoms. The molecule has 0 bridgehead atoms. The predicted molar refractivity (Wildman–Crippen MR) is 145 cm³/mol. The van der Waals surface area contributed by atoms with Crippen LogP contribution in [-0.2, 0) is 6.54 Å². The Morgan fingerprint density at radius 2 is 1.41 bits per heavy atom. The maximum atomic E-state index is 5.60. The van der Waals surface area contributed by atoms with Gasteiger partial charge in [0.05, 0.1) is 0 Å². The monoisotopic (exact) mass is 479 g/mol. The summed E-state index contributed by atoms with van der Waals surface area (Å²) < 4.78 is 0. The van der Waals surface area contributed by atoms with Crippen LogP contribution in [0.15, 0.2) is 30.3 Å². The molecule has 0 spiro atoms. The summed E-state index contributed by atoms with van der Waals surface area (Å²) in [4.78, 5) is 16.9. The minimum Gasteiger partial charge on any atom is -0.372 e. The molecule has 1 aromatic heterocycles. The minimum absolute atomic E-state index is 0.556. The first kappa shape index (κ1) is 23.1. The van der Waals surface area contributed by atoms with Crippen molar-refractivity contribution in [3.05, 3.63) is 35.9 Å². The van der Waals surface area contributed by atoms with Crippen LogP contribution >= 0.6 is 12.2 Å². The molecular weight excluding hydrogens is 442 g/mol. The second-order valence-electron chi connectivity index (χ2n) is 9.94. The summed E-state index contributed by atoms with van der Waals surface area (Å²) in [6.45, 7) is 9.56. The fraction of sp³-hybridized carbons (Fsp3) is 0.577. The fourth-order valence-electron chi connectivity index (χ4n) is 5.11. The smallest absolute Gasteiger partial charge is 0.232 e. The normalized spacial score (nSPS) is 19.0. The molecule has 34 heavy (non-hydrogen) atoms. The Hall–Kier alpha value is -2.61. The number of anilines is 4. The van der Waals surface area contributed by atoms with E-state index in [0.29, 0.717) is 17.6 Å². The van der Waals surface area contributed by atoms with Crippen molar-refractivity contribution in [2.24, 2.45) is 5.92 Å².